The summed E-state index contributed by atoms with van der Waals surface area (Å²) in [6.07, 6.45) is 4.42. The summed E-state index contributed by atoms with van der Waals surface area (Å²) >= 11 is -0.479. The monoisotopic (exact) mass is 560 g/mol. The van der Waals surface area contributed by atoms with Crippen molar-refractivity contribution in [3.63, 3.8) is 0 Å². The van der Waals surface area contributed by atoms with E-state index in [4.69, 9.17) is 0 Å². The van der Waals surface area contributed by atoms with Gasteiger partial charge in [0, 0.05) is 60.9 Å². The molecule has 1 aromatic rings. The fourth-order valence-corrected chi connectivity index (χ4v) is 7.45. The van der Waals surface area contributed by atoms with Crippen molar-refractivity contribution < 1.29 is 13.2 Å². The number of nitrogens with zero attached hydrogens (tertiary/aromatic N) is 2. The summed E-state index contributed by atoms with van der Waals surface area (Å²) in [7, 11) is 0. The van der Waals surface area contributed by atoms with E-state index >= 15 is 0 Å². The second-order valence-electron chi connectivity index (χ2n) is 9.78. The fourth-order valence-electron chi connectivity index (χ4n) is 4.36. The molecule has 2 aliphatic heterocycles. The maximum Gasteiger partial charge on any atom is 0.416 e. The molecule has 2 aliphatic rings. The van der Waals surface area contributed by atoms with Crippen LogP contribution in [0.2, 0.25) is 0 Å². The molecule has 1 unspecified atom stereocenters. The number of alkyl halides is 3. The van der Waals surface area contributed by atoms with Gasteiger partial charge in [-0.05, 0) is 61.4 Å². The van der Waals surface area contributed by atoms with Crippen LogP contribution in [0.25, 0.3) is 0 Å². The lowest BCUT2D eigenvalue weighted by Gasteiger charge is -2.38. The molecule has 1 fully saturated rings. The summed E-state index contributed by atoms with van der Waals surface area (Å²) < 4.78 is 44.1. The molecule has 3 rings (SSSR count). The lowest BCUT2D eigenvalue weighted by atomic mass is 9.79. The van der Waals surface area contributed by atoms with Gasteiger partial charge in [0.15, 0.2) is 0 Å². The number of hydrogen-bond acceptors (Lipinski definition) is 2. The van der Waals surface area contributed by atoms with Crippen LogP contribution in [0.15, 0.2) is 42.1 Å². The lowest BCUT2D eigenvalue weighted by molar-refractivity contribution is -0.137. The zero-order valence-electron chi connectivity index (χ0n) is 20.1. The smallest absolute Gasteiger partial charge is 0.375 e. The predicted octanol–water partition coefficient (Wildman–Crippen LogP) is 7.71. The fraction of sp³-hybridized carbons (Fsp3) is 0.577. The minimum atomic E-state index is -4.33. The van der Waals surface area contributed by atoms with Crippen molar-refractivity contribution in [1.29, 1.82) is 0 Å². The number of halogens is 4. The summed E-state index contributed by atoms with van der Waals surface area (Å²) in [6.45, 7) is 16.0. The van der Waals surface area contributed by atoms with Gasteiger partial charge in [-0.25, -0.2) is 0 Å². The number of fused-ring (bicyclic) bond motifs is 1. The Morgan fingerprint density at radius 1 is 1.25 bits per heavy atom. The Labute approximate surface area is 201 Å². The van der Waals surface area contributed by atoms with Gasteiger partial charge in [-0.15, -0.1) is 0 Å². The Morgan fingerprint density at radius 2 is 1.97 bits per heavy atom. The van der Waals surface area contributed by atoms with E-state index in [1.807, 2.05) is 0 Å². The molecule has 2 nitrogen and oxygen atoms in total. The van der Waals surface area contributed by atoms with Crippen molar-refractivity contribution in [2.24, 2.45) is 11.8 Å². The first-order valence-electron chi connectivity index (χ1n) is 11.6. The number of allylic oxidation sites excluding steroid dienone is 4. The van der Waals surface area contributed by atoms with E-state index in [0.717, 1.165) is 37.3 Å². The molecule has 1 aromatic carbocycles. The van der Waals surface area contributed by atoms with Gasteiger partial charge >= 0.3 is 6.18 Å². The van der Waals surface area contributed by atoms with Gasteiger partial charge in [0.25, 0.3) is 0 Å². The number of hydrogen-bond donors (Lipinski definition) is 0. The van der Waals surface area contributed by atoms with Crippen molar-refractivity contribution in [2.45, 2.75) is 66.0 Å². The van der Waals surface area contributed by atoms with Crippen molar-refractivity contribution in [3.8, 4) is 0 Å². The van der Waals surface area contributed by atoms with Gasteiger partial charge < -0.3 is 8.01 Å². The molecule has 0 aromatic heterocycles. The maximum atomic E-state index is 13.5. The normalized spacial score (nSPS) is 22.5. The molecule has 2 heterocycles. The molecule has 6 heteroatoms. The van der Waals surface area contributed by atoms with Crippen LogP contribution in [0, 0.1) is 11.8 Å². The quantitative estimate of drug-likeness (QED) is 0.260. The molecular weight excluding hydrogens is 524 g/mol. The van der Waals surface area contributed by atoms with Crippen molar-refractivity contribution >= 4 is 30.2 Å². The Hall–Kier alpha value is -1.31. The summed E-state index contributed by atoms with van der Waals surface area (Å²) in [6, 6.07) is 4.32. The van der Waals surface area contributed by atoms with E-state index in [0.29, 0.717) is 11.8 Å². The molecule has 1 saturated heterocycles. The Balaban J connectivity index is 2.00. The predicted molar refractivity (Wildman–Crippen MR) is 139 cm³/mol. The summed E-state index contributed by atoms with van der Waals surface area (Å²) in [5.41, 5.74) is 2.16. The number of anilines is 1. The average Bonchev–Trinajstić information content (AvgIpc) is 3.07. The first-order chi connectivity index (χ1) is 14.9. The van der Waals surface area contributed by atoms with Gasteiger partial charge in [-0.3, -0.25) is 0 Å². The first-order valence-corrected chi connectivity index (χ1v) is 13.6. The topological polar surface area (TPSA) is 6.48 Å². The molecule has 0 radical (unpaired) electrons. The minimum Gasteiger partial charge on any atom is -0.375 e. The maximum absolute atomic E-state index is 13.5. The molecule has 178 valence electrons. The summed E-state index contributed by atoms with van der Waals surface area (Å²) in [4.78, 5) is 2.42. The van der Waals surface area contributed by atoms with E-state index in [1.54, 1.807) is 6.07 Å². The third-order valence-electron chi connectivity index (χ3n) is 6.54. The molecule has 0 saturated carbocycles. The van der Waals surface area contributed by atoms with E-state index in [9.17, 15) is 13.2 Å². The average molecular weight is 560 g/mol. The van der Waals surface area contributed by atoms with Gasteiger partial charge in [-0.1, -0.05) is 46.8 Å². The van der Waals surface area contributed by atoms with E-state index in [-0.39, 0.29) is 0 Å². The zero-order valence-corrected chi connectivity index (χ0v) is 22.2. The summed E-state index contributed by atoms with van der Waals surface area (Å²) in [5, 5.41) is 0. The van der Waals surface area contributed by atoms with Crippen LogP contribution in [0.3, 0.4) is 0 Å². The third-order valence-corrected chi connectivity index (χ3v) is 10.4. The van der Waals surface area contributed by atoms with Gasteiger partial charge in [0.2, 0.25) is 0 Å². The highest BCUT2D eigenvalue weighted by molar-refractivity contribution is 14.2. The van der Waals surface area contributed by atoms with Crippen LogP contribution in [0.4, 0.5) is 18.9 Å². The number of rotatable bonds is 6. The molecule has 0 spiro atoms. The van der Waals surface area contributed by atoms with Crippen LogP contribution in [-0.2, 0) is 11.6 Å². The SMILES string of the molecule is CCN1CCC(C)/C1=C\C=C\C1=IN(CCC(C)C)c2ccc(C(F)(F)F)cc2C1(C)C. The Kier molecular flexibility index (Phi) is 7.83. The summed E-state index contributed by atoms with van der Waals surface area (Å²) in [5.74, 6) is 1.11. The molecule has 0 N–H and O–H groups in total. The second-order valence-corrected chi connectivity index (χ2v) is 12.6. The molecule has 1 atom stereocenters. The third kappa shape index (κ3) is 5.42. The van der Waals surface area contributed by atoms with E-state index in [1.165, 1.54) is 27.8 Å². The highest BCUT2D eigenvalue weighted by Crippen LogP contribution is 2.46. The number of likely N-dealkylation sites (tertiary alicyclic amines) is 1. The minimum absolute atomic E-state index is 0.418. The van der Waals surface area contributed by atoms with Crippen LogP contribution in [0.5, 0.6) is 0 Å². The molecule has 0 amide bonds. The standard InChI is InChI=1S/C26H36F3IN2/c1-7-31-15-14-19(4)22(31)9-8-10-24-25(5,6)21-17-20(26(27,28)29)11-12-23(21)32(30-24)16-13-18(2)3/h8-12,17-19H,7,13-16H2,1-6H3/b10-8+,22-9+. The number of benzene rings is 1. The van der Waals surface area contributed by atoms with Crippen molar-refractivity contribution in [3.05, 3.63) is 53.3 Å². The molecular formula is C26H36F3IN2. The highest BCUT2D eigenvalue weighted by Gasteiger charge is 2.37. The van der Waals surface area contributed by atoms with E-state index < -0.39 is 38.2 Å². The van der Waals surface area contributed by atoms with Crippen LogP contribution >= 0.6 is 21.0 Å². The highest BCUT2D eigenvalue weighted by atomic mass is 127. The van der Waals surface area contributed by atoms with Crippen LogP contribution < -0.4 is 3.11 Å². The first kappa shape index (κ1) is 25.3. The van der Waals surface area contributed by atoms with Crippen molar-refractivity contribution in [2.75, 3.05) is 22.7 Å². The molecule has 0 aliphatic carbocycles. The zero-order chi connectivity index (χ0) is 23.7. The van der Waals surface area contributed by atoms with Gasteiger partial charge in [0.05, 0.1) is 5.56 Å². The van der Waals surface area contributed by atoms with Crippen molar-refractivity contribution in [1.82, 2.24) is 4.90 Å². The molecule has 32 heavy (non-hydrogen) atoms. The Morgan fingerprint density at radius 3 is 2.59 bits per heavy atom. The van der Waals surface area contributed by atoms with Crippen LogP contribution in [0.1, 0.15) is 65.5 Å². The largest absolute Gasteiger partial charge is 0.416 e. The molecule has 0 bridgehead atoms. The lowest BCUT2D eigenvalue weighted by Crippen LogP contribution is -2.34. The van der Waals surface area contributed by atoms with Gasteiger partial charge in [0.1, 0.15) is 0 Å². The van der Waals surface area contributed by atoms with Crippen LogP contribution in [-0.4, -0.2) is 28.0 Å². The second kappa shape index (κ2) is 9.90. The Bertz CT molecular complexity index is 912. The van der Waals surface area contributed by atoms with Gasteiger partial charge in [-0.2, -0.15) is 13.2 Å². The van der Waals surface area contributed by atoms with E-state index in [2.05, 4.69) is 67.8 Å².